The van der Waals surface area contributed by atoms with Crippen molar-refractivity contribution in [1.82, 2.24) is 9.80 Å². The molecular formula is C13H24N2O3. The van der Waals surface area contributed by atoms with Gasteiger partial charge in [0.05, 0.1) is 0 Å². The van der Waals surface area contributed by atoms with Gasteiger partial charge in [0.25, 0.3) is 0 Å². The van der Waals surface area contributed by atoms with Gasteiger partial charge in [0, 0.05) is 19.6 Å². The van der Waals surface area contributed by atoms with Crippen LogP contribution in [0.5, 0.6) is 0 Å². The van der Waals surface area contributed by atoms with Crippen LogP contribution in [0.15, 0.2) is 0 Å². The largest absolute Gasteiger partial charge is 0.480 e. The van der Waals surface area contributed by atoms with Crippen LogP contribution in [0.1, 0.15) is 46.0 Å². The lowest BCUT2D eigenvalue weighted by Crippen LogP contribution is -2.49. The molecule has 18 heavy (non-hydrogen) atoms. The Labute approximate surface area is 109 Å². The summed E-state index contributed by atoms with van der Waals surface area (Å²) in [6.45, 7) is 4.61. The number of aliphatic carboxylic acids is 1. The fourth-order valence-electron chi connectivity index (χ4n) is 2.10. The zero-order chi connectivity index (χ0) is 13.7. The van der Waals surface area contributed by atoms with Gasteiger partial charge >= 0.3 is 12.0 Å². The quantitative estimate of drug-likeness (QED) is 0.759. The summed E-state index contributed by atoms with van der Waals surface area (Å²) in [5, 5.41) is 9.09. The van der Waals surface area contributed by atoms with E-state index in [-0.39, 0.29) is 6.03 Å². The summed E-state index contributed by atoms with van der Waals surface area (Å²) in [4.78, 5) is 26.6. The van der Waals surface area contributed by atoms with Crippen molar-refractivity contribution in [2.45, 2.75) is 58.0 Å². The zero-order valence-electron chi connectivity index (χ0n) is 11.6. The molecule has 1 unspecified atom stereocenters. The predicted molar refractivity (Wildman–Crippen MR) is 69.5 cm³/mol. The average Bonchev–Trinajstić information content (AvgIpc) is 3.14. The number of nitrogens with zero attached hydrogens (tertiary/aromatic N) is 2. The molecule has 5 heteroatoms. The number of unbranched alkanes of at least 4 members (excludes halogenated alkanes) is 1. The van der Waals surface area contributed by atoms with E-state index in [1.807, 2.05) is 4.90 Å². The Morgan fingerprint density at radius 2 is 1.94 bits per heavy atom. The van der Waals surface area contributed by atoms with Crippen molar-refractivity contribution < 1.29 is 14.7 Å². The molecule has 1 N–H and O–H groups in total. The fourth-order valence-corrected chi connectivity index (χ4v) is 2.10. The Hall–Kier alpha value is -1.26. The van der Waals surface area contributed by atoms with Crippen LogP contribution in [-0.4, -0.2) is 52.6 Å². The maximum Gasteiger partial charge on any atom is 0.326 e. The Morgan fingerprint density at radius 3 is 2.33 bits per heavy atom. The molecule has 1 atom stereocenters. The SMILES string of the molecule is CCCCN(C(=O)N(C)C(CC)C(=O)O)C1CC1. The minimum atomic E-state index is -0.931. The third-order valence-corrected chi connectivity index (χ3v) is 3.43. The smallest absolute Gasteiger partial charge is 0.326 e. The highest BCUT2D eigenvalue weighted by atomic mass is 16.4. The number of likely N-dealkylation sites (N-methyl/N-ethyl adjacent to an activating group) is 1. The first-order chi connectivity index (χ1) is 8.52. The Morgan fingerprint density at radius 1 is 1.33 bits per heavy atom. The number of rotatable bonds is 7. The number of amides is 2. The molecule has 1 rings (SSSR count). The molecule has 0 bridgehead atoms. The van der Waals surface area contributed by atoms with Gasteiger partial charge < -0.3 is 14.9 Å². The van der Waals surface area contributed by atoms with Crippen molar-refractivity contribution in [3.63, 3.8) is 0 Å². The van der Waals surface area contributed by atoms with Crippen molar-refractivity contribution in [2.24, 2.45) is 0 Å². The summed E-state index contributed by atoms with van der Waals surface area (Å²) in [6, 6.07) is -0.529. The van der Waals surface area contributed by atoms with Crippen LogP contribution in [0, 0.1) is 0 Å². The highest BCUT2D eigenvalue weighted by Crippen LogP contribution is 2.28. The highest BCUT2D eigenvalue weighted by molar-refractivity contribution is 5.82. The van der Waals surface area contributed by atoms with Crippen molar-refractivity contribution in [3.05, 3.63) is 0 Å². The number of hydrogen-bond donors (Lipinski definition) is 1. The summed E-state index contributed by atoms with van der Waals surface area (Å²) < 4.78 is 0. The molecule has 0 heterocycles. The molecule has 0 aromatic rings. The Kier molecular flexibility index (Phi) is 5.44. The average molecular weight is 256 g/mol. The Balaban J connectivity index is 2.66. The van der Waals surface area contributed by atoms with Gasteiger partial charge in [-0.2, -0.15) is 0 Å². The van der Waals surface area contributed by atoms with E-state index in [9.17, 15) is 9.59 Å². The van der Waals surface area contributed by atoms with Gasteiger partial charge in [-0.3, -0.25) is 0 Å². The minimum absolute atomic E-state index is 0.139. The second kappa shape index (κ2) is 6.61. The van der Waals surface area contributed by atoms with Gasteiger partial charge in [-0.1, -0.05) is 20.3 Å². The van der Waals surface area contributed by atoms with Gasteiger partial charge in [-0.15, -0.1) is 0 Å². The van der Waals surface area contributed by atoms with E-state index >= 15 is 0 Å². The number of urea groups is 1. The maximum absolute atomic E-state index is 12.3. The molecule has 5 nitrogen and oxygen atoms in total. The topological polar surface area (TPSA) is 60.9 Å². The van der Waals surface area contributed by atoms with Crippen LogP contribution in [0.2, 0.25) is 0 Å². The Bertz CT molecular complexity index is 303. The van der Waals surface area contributed by atoms with Crippen LogP contribution in [-0.2, 0) is 4.79 Å². The number of carbonyl (C=O) groups is 2. The van der Waals surface area contributed by atoms with Gasteiger partial charge in [0.1, 0.15) is 6.04 Å². The molecule has 1 aliphatic rings. The zero-order valence-corrected chi connectivity index (χ0v) is 11.6. The predicted octanol–water partition coefficient (Wildman–Crippen LogP) is 2.17. The van der Waals surface area contributed by atoms with E-state index in [1.54, 1.807) is 14.0 Å². The molecule has 0 radical (unpaired) electrons. The number of hydrogen-bond acceptors (Lipinski definition) is 2. The van der Waals surface area contributed by atoms with E-state index in [0.717, 1.165) is 32.2 Å². The van der Waals surface area contributed by atoms with Gasteiger partial charge in [0.2, 0.25) is 0 Å². The van der Waals surface area contributed by atoms with E-state index < -0.39 is 12.0 Å². The van der Waals surface area contributed by atoms with Crippen molar-refractivity contribution in [3.8, 4) is 0 Å². The molecule has 2 amide bonds. The molecule has 1 saturated carbocycles. The molecule has 104 valence electrons. The van der Waals surface area contributed by atoms with Gasteiger partial charge in [-0.25, -0.2) is 9.59 Å². The summed E-state index contributed by atoms with van der Waals surface area (Å²) >= 11 is 0. The molecule has 0 saturated heterocycles. The van der Waals surface area contributed by atoms with Crippen molar-refractivity contribution >= 4 is 12.0 Å². The van der Waals surface area contributed by atoms with Crippen LogP contribution < -0.4 is 0 Å². The fraction of sp³-hybridized carbons (Fsp3) is 0.846. The maximum atomic E-state index is 12.3. The van der Waals surface area contributed by atoms with Gasteiger partial charge in [0.15, 0.2) is 0 Å². The van der Waals surface area contributed by atoms with E-state index in [4.69, 9.17) is 5.11 Å². The molecule has 0 aromatic carbocycles. The molecule has 0 aromatic heterocycles. The van der Waals surface area contributed by atoms with Gasteiger partial charge in [-0.05, 0) is 25.7 Å². The molecule has 1 aliphatic carbocycles. The molecule has 0 aliphatic heterocycles. The van der Waals surface area contributed by atoms with E-state index in [0.29, 0.717) is 12.5 Å². The van der Waals surface area contributed by atoms with Crippen molar-refractivity contribution in [2.75, 3.05) is 13.6 Å². The lowest BCUT2D eigenvalue weighted by molar-refractivity contribution is -0.142. The third kappa shape index (κ3) is 3.62. The third-order valence-electron chi connectivity index (χ3n) is 3.43. The number of carboxylic acid groups (broad SMARTS) is 1. The lowest BCUT2D eigenvalue weighted by Gasteiger charge is -2.31. The van der Waals surface area contributed by atoms with E-state index in [1.165, 1.54) is 4.90 Å². The van der Waals surface area contributed by atoms with E-state index in [2.05, 4.69) is 6.92 Å². The first-order valence-corrected chi connectivity index (χ1v) is 6.79. The number of carbonyl (C=O) groups excluding carboxylic acids is 1. The lowest BCUT2D eigenvalue weighted by atomic mass is 10.2. The second-order valence-corrected chi connectivity index (χ2v) is 4.93. The van der Waals surface area contributed by atoms with Crippen LogP contribution in [0.4, 0.5) is 4.79 Å². The van der Waals surface area contributed by atoms with Crippen LogP contribution in [0.25, 0.3) is 0 Å². The molecule has 1 fully saturated rings. The standard InChI is InChI=1S/C13H24N2O3/c1-4-6-9-15(10-7-8-10)13(18)14(3)11(5-2)12(16)17/h10-11H,4-9H2,1-3H3,(H,16,17). The minimum Gasteiger partial charge on any atom is -0.480 e. The number of carboxylic acids is 1. The summed E-state index contributed by atoms with van der Waals surface area (Å²) in [5.41, 5.74) is 0. The molecule has 0 spiro atoms. The first kappa shape index (κ1) is 14.8. The normalized spacial score (nSPS) is 16.2. The van der Waals surface area contributed by atoms with Crippen molar-refractivity contribution in [1.29, 1.82) is 0 Å². The monoisotopic (exact) mass is 256 g/mol. The van der Waals surface area contributed by atoms with Crippen LogP contribution >= 0.6 is 0 Å². The summed E-state index contributed by atoms with van der Waals surface area (Å²) in [5.74, 6) is -0.931. The van der Waals surface area contributed by atoms with Crippen LogP contribution in [0.3, 0.4) is 0 Å². The first-order valence-electron chi connectivity index (χ1n) is 6.79. The molecular weight excluding hydrogens is 232 g/mol. The summed E-state index contributed by atoms with van der Waals surface area (Å²) in [7, 11) is 1.59. The second-order valence-electron chi connectivity index (χ2n) is 4.93. The highest BCUT2D eigenvalue weighted by Gasteiger charge is 2.36. The summed E-state index contributed by atoms with van der Waals surface area (Å²) in [6.07, 6.45) is 4.54.